The smallest absolute Gasteiger partial charge is 0.212 e. The number of guanidine groups is 1. The molecule has 2 heterocycles. The second-order valence-electron chi connectivity index (χ2n) is 4.54. The second kappa shape index (κ2) is 9.11. The summed E-state index contributed by atoms with van der Waals surface area (Å²) in [6.07, 6.45) is 1.72. The van der Waals surface area contributed by atoms with E-state index in [9.17, 15) is 0 Å². The van der Waals surface area contributed by atoms with Crippen LogP contribution in [0.5, 0.6) is 0 Å². The van der Waals surface area contributed by atoms with Crippen molar-refractivity contribution in [3.63, 3.8) is 0 Å². The van der Waals surface area contributed by atoms with Gasteiger partial charge < -0.3 is 21.8 Å². The minimum Gasteiger partial charge on any atom is -0.370 e. The predicted octanol–water partition coefficient (Wildman–Crippen LogP) is 2.89. The molecule has 0 aliphatic heterocycles. The van der Waals surface area contributed by atoms with Crippen LogP contribution in [0.2, 0.25) is 0 Å². The highest BCUT2D eigenvalue weighted by molar-refractivity contribution is 7.13. The van der Waals surface area contributed by atoms with Crippen LogP contribution < -0.4 is 16.8 Å². The number of H-pyrrole nitrogens is 1. The van der Waals surface area contributed by atoms with Gasteiger partial charge in [0.2, 0.25) is 11.1 Å². The molecule has 128 valence electrons. The van der Waals surface area contributed by atoms with Crippen molar-refractivity contribution >= 4 is 53.2 Å². The molecule has 2 aromatic heterocycles. The van der Waals surface area contributed by atoms with Gasteiger partial charge in [0.25, 0.3) is 0 Å². The van der Waals surface area contributed by atoms with Crippen LogP contribution in [-0.2, 0) is 6.54 Å². The fourth-order valence-electron chi connectivity index (χ4n) is 1.87. The monoisotopic (exact) mass is 385 g/mol. The first-order chi connectivity index (χ1) is 10.7. The van der Waals surface area contributed by atoms with Crippen molar-refractivity contribution in [2.24, 2.45) is 16.5 Å². The van der Waals surface area contributed by atoms with Gasteiger partial charge in [0, 0.05) is 11.9 Å². The fourth-order valence-corrected chi connectivity index (χ4v) is 2.58. The van der Waals surface area contributed by atoms with Gasteiger partial charge in [-0.05, 0) is 5.56 Å². The maximum absolute atomic E-state index is 5.34. The van der Waals surface area contributed by atoms with Crippen LogP contribution in [0, 0.1) is 0 Å². The predicted molar refractivity (Wildman–Crippen MR) is 103 cm³/mol. The fraction of sp³-hybridized carbons (Fsp3) is 0.0714. The second-order valence-corrected chi connectivity index (χ2v) is 5.37. The Morgan fingerprint density at radius 1 is 1.21 bits per heavy atom. The quantitative estimate of drug-likeness (QED) is 0.397. The first-order valence-electron chi connectivity index (χ1n) is 6.59. The van der Waals surface area contributed by atoms with Crippen molar-refractivity contribution in [3.8, 4) is 11.4 Å². The van der Waals surface area contributed by atoms with E-state index in [0.29, 0.717) is 17.6 Å². The Morgan fingerprint density at radius 3 is 2.67 bits per heavy atom. The van der Waals surface area contributed by atoms with Crippen LogP contribution in [0.25, 0.3) is 11.4 Å². The van der Waals surface area contributed by atoms with Crippen LogP contribution in [0.1, 0.15) is 5.56 Å². The summed E-state index contributed by atoms with van der Waals surface area (Å²) in [6, 6.07) is 10.1. The Morgan fingerprint density at radius 2 is 1.96 bits per heavy atom. The number of halogens is 2. The molecule has 3 rings (SSSR count). The highest BCUT2D eigenvalue weighted by atomic mass is 35.5. The lowest BCUT2D eigenvalue weighted by Crippen LogP contribution is -2.21. The van der Waals surface area contributed by atoms with Gasteiger partial charge in [-0.2, -0.15) is 4.99 Å². The molecule has 24 heavy (non-hydrogen) atoms. The summed E-state index contributed by atoms with van der Waals surface area (Å²) >= 11 is 1.37. The van der Waals surface area contributed by atoms with Gasteiger partial charge in [0.15, 0.2) is 5.96 Å². The van der Waals surface area contributed by atoms with Gasteiger partial charge >= 0.3 is 0 Å². The minimum absolute atomic E-state index is 0. The Balaban J connectivity index is 0.00000144. The number of nitrogens with two attached hydrogens (primary N) is 2. The number of nitrogens with one attached hydrogen (secondary N) is 2. The largest absolute Gasteiger partial charge is 0.370 e. The number of imidazole rings is 1. The minimum atomic E-state index is -0.00396. The van der Waals surface area contributed by atoms with E-state index in [1.807, 2.05) is 23.6 Å². The topological polar surface area (TPSA) is 118 Å². The number of aromatic amines is 1. The normalized spacial score (nSPS) is 9.50. The van der Waals surface area contributed by atoms with E-state index in [1.165, 1.54) is 16.9 Å². The lowest BCUT2D eigenvalue weighted by atomic mass is 10.2. The van der Waals surface area contributed by atoms with Gasteiger partial charge in [0.1, 0.15) is 5.69 Å². The summed E-state index contributed by atoms with van der Waals surface area (Å²) in [5.74, 6) is 0.686. The molecule has 6 N–H and O–H groups in total. The Kier molecular flexibility index (Phi) is 7.50. The van der Waals surface area contributed by atoms with Crippen LogP contribution in [0.4, 0.5) is 11.1 Å². The molecule has 0 radical (unpaired) electrons. The standard InChI is InChI=1S/C14H15N7S.2ClH/c15-12(16)21-14-20-11(8-22-14)10-7-18-13(19-10)17-6-9-4-2-1-3-5-9;;/h1-5,7-8H,6H2,(H2,17,18,19)(H4,15,16,20,21);2*1H. The summed E-state index contributed by atoms with van der Waals surface area (Å²) in [4.78, 5) is 15.7. The number of anilines is 1. The van der Waals surface area contributed by atoms with Crippen LogP contribution >= 0.6 is 36.2 Å². The lowest BCUT2D eigenvalue weighted by Gasteiger charge is -2.02. The molecule has 7 nitrogen and oxygen atoms in total. The van der Waals surface area contributed by atoms with E-state index in [2.05, 4.69) is 37.4 Å². The molecule has 0 spiro atoms. The molecule has 0 atom stereocenters. The number of rotatable bonds is 5. The molecule has 10 heteroatoms. The van der Waals surface area contributed by atoms with Crippen LogP contribution in [0.3, 0.4) is 0 Å². The van der Waals surface area contributed by atoms with Gasteiger partial charge in [0.05, 0.1) is 11.9 Å². The number of hydrogen-bond donors (Lipinski definition) is 4. The molecule has 0 amide bonds. The number of benzene rings is 1. The summed E-state index contributed by atoms with van der Waals surface area (Å²) in [6.45, 7) is 0.699. The Bertz CT molecular complexity index is 781. The average molecular weight is 386 g/mol. The van der Waals surface area contributed by atoms with E-state index in [4.69, 9.17) is 11.5 Å². The van der Waals surface area contributed by atoms with Gasteiger partial charge in [-0.25, -0.2) is 9.97 Å². The van der Waals surface area contributed by atoms with Crippen molar-refractivity contribution in [1.29, 1.82) is 0 Å². The number of thiazole rings is 1. The zero-order valence-electron chi connectivity index (χ0n) is 12.5. The van der Waals surface area contributed by atoms with E-state index >= 15 is 0 Å². The Labute approximate surface area is 155 Å². The van der Waals surface area contributed by atoms with E-state index < -0.39 is 0 Å². The van der Waals surface area contributed by atoms with Crippen molar-refractivity contribution < 1.29 is 0 Å². The van der Waals surface area contributed by atoms with E-state index in [0.717, 1.165) is 11.4 Å². The summed E-state index contributed by atoms with van der Waals surface area (Å²) in [7, 11) is 0. The molecule has 3 aromatic rings. The van der Waals surface area contributed by atoms with Gasteiger partial charge in [-0.3, -0.25) is 0 Å². The molecule has 0 aliphatic rings. The molecule has 0 aliphatic carbocycles. The van der Waals surface area contributed by atoms with Crippen molar-refractivity contribution in [3.05, 3.63) is 47.5 Å². The van der Waals surface area contributed by atoms with Gasteiger partial charge in [-0.1, -0.05) is 30.3 Å². The number of aromatic nitrogens is 3. The summed E-state index contributed by atoms with van der Waals surface area (Å²) < 4.78 is 0. The maximum atomic E-state index is 5.34. The van der Waals surface area contributed by atoms with Crippen molar-refractivity contribution in [2.75, 3.05) is 5.32 Å². The van der Waals surface area contributed by atoms with E-state index in [1.54, 1.807) is 6.20 Å². The van der Waals surface area contributed by atoms with Crippen LogP contribution in [0.15, 0.2) is 46.9 Å². The summed E-state index contributed by atoms with van der Waals surface area (Å²) in [5, 5.41) is 5.62. The SMILES string of the molecule is Cl.Cl.NC(N)=Nc1nc(-c2cnc(NCc3ccccc3)[nH]2)cs1. The zero-order chi connectivity index (χ0) is 15.4. The van der Waals surface area contributed by atoms with Crippen LogP contribution in [-0.4, -0.2) is 20.9 Å². The van der Waals surface area contributed by atoms with Crippen molar-refractivity contribution in [2.45, 2.75) is 6.54 Å². The zero-order valence-corrected chi connectivity index (χ0v) is 14.9. The Hall–Kier alpha value is -2.29. The number of nitrogens with zero attached hydrogens (tertiary/aromatic N) is 3. The molecule has 0 bridgehead atoms. The first-order valence-corrected chi connectivity index (χ1v) is 7.47. The molecule has 0 saturated heterocycles. The third-order valence-corrected chi connectivity index (χ3v) is 3.61. The highest BCUT2D eigenvalue weighted by Gasteiger charge is 2.07. The van der Waals surface area contributed by atoms with E-state index in [-0.39, 0.29) is 30.8 Å². The third-order valence-electron chi connectivity index (χ3n) is 2.87. The average Bonchev–Trinajstić information content (AvgIpc) is 3.14. The molecule has 0 saturated carbocycles. The third kappa shape index (κ3) is 5.12. The molecular formula is C14H17Cl2N7S. The summed E-state index contributed by atoms with van der Waals surface area (Å²) in [5.41, 5.74) is 13.4. The maximum Gasteiger partial charge on any atom is 0.212 e. The van der Waals surface area contributed by atoms with Gasteiger partial charge in [-0.15, -0.1) is 36.2 Å². The molecule has 1 aromatic carbocycles. The molecular weight excluding hydrogens is 369 g/mol. The number of hydrogen-bond acceptors (Lipinski definition) is 5. The highest BCUT2D eigenvalue weighted by Crippen LogP contribution is 2.26. The first kappa shape index (κ1) is 19.8. The van der Waals surface area contributed by atoms with Crippen molar-refractivity contribution in [1.82, 2.24) is 15.0 Å². The molecule has 0 unspecified atom stereocenters. The molecule has 0 fully saturated rings. The number of aliphatic imine (C=N–C) groups is 1. The lowest BCUT2D eigenvalue weighted by molar-refractivity contribution is 1.09.